The summed E-state index contributed by atoms with van der Waals surface area (Å²) in [6.45, 7) is 1.99. The highest BCUT2D eigenvalue weighted by Gasteiger charge is 2.36. The Kier molecular flexibility index (Phi) is 7.10. The van der Waals surface area contributed by atoms with Crippen molar-refractivity contribution >= 4 is 28.8 Å². The molecule has 1 N–H and O–H groups in total. The first-order chi connectivity index (χ1) is 15.5. The van der Waals surface area contributed by atoms with E-state index in [0.29, 0.717) is 0 Å². The van der Waals surface area contributed by atoms with E-state index in [-0.39, 0.29) is 24.3 Å². The fourth-order valence-electron chi connectivity index (χ4n) is 4.57. The maximum Gasteiger partial charge on any atom is 0.249 e. The first kappa shape index (κ1) is 22.3. The normalized spacial score (nSPS) is 15.3. The third-order valence-corrected chi connectivity index (χ3v) is 7.15. The molecule has 0 spiro atoms. The van der Waals surface area contributed by atoms with Gasteiger partial charge in [0.15, 0.2) is 6.04 Å². The van der Waals surface area contributed by atoms with Crippen LogP contribution in [0.25, 0.3) is 0 Å². The van der Waals surface area contributed by atoms with Crippen molar-refractivity contribution in [1.29, 1.82) is 0 Å². The fourth-order valence-corrected chi connectivity index (χ4v) is 5.26. The zero-order valence-electron chi connectivity index (χ0n) is 18.8. The number of carbonyl (C=O) groups is 2. The van der Waals surface area contributed by atoms with E-state index in [4.69, 9.17) is 0 Å². The quantitative estimate of drug-likeness (QED) is 0.542. The van der Waals surface area contributed by atoms with Crippen LogP contribution in [0.5, 0.6) is 0 Å². The Hall–Kier alpha value is -2.86. The third kappa shape index (κ3) is 4.96. The molecule has 1 atom stereocenters. The molecule has 1 aliphatic carbocycles. The summed E-state index contributed by atoms with van der Waals surface area (Å²) in [6, 6.07) is 15.0. The van der Waals surface area contributed by atoms with Crippen LogP contribution in [0.15, 0.2) is 60.1 Å². The molecule has 2 aromatic heterocycles. The minimum Gasteiger partial charge on any atom is -0.352 e. The average Bonchev–Trinajstić information content (AvgIpc) is 3.45. The minimum absolute atomic E-state index is 0.0771. The lowest BCUT2D eigenvalue weighted by Crippen LogP contribution is -2.48. The number of aryl methyl sites for hydroxylation is 2. The number of aromatic nitrogens is 1. The second kappa shape index (κ2) is 10.2. The van der Waals surface area contributed by atoms with E-state index in [1.807, 2.05) is 78.6 Å². The van der Waals surface area contributed by atoms with Crippen molar-refractivity contribution in [3.63, 3.8) is 0 Å². The number of nitrogens with one attached hydrogen (secondary N) is 1. The van der Waals surface area contributed by atoms with Gasteiger partial charge >= 0.3 is 0 Å². The van der Waals surface area contributed by atoms with E-state index in [1.54, 1.807) is 16.2 Å². The molecule has 2 amide bonds. The number of rotatable bonds is 7. The molecule has 0 bridgehead atoms. The molecule has 1 aromatic carbocycles. The first-order valence-corrected chi connectivity index (χ1v) is 12.2. The molecule has 0 aliphatic heterocycles. The number of hydrogen-bond acceptors (Lipinski definition) is 3. The lowest BCUT2D eigenvalue weighted by Gasteiger charge is -2.34. The number of anilines is 1. The zero-order valence-corrected chi connectivity index (χ0v) is 19.6. The number of thiophene rings is 1. The summed E-state index contributed by atoms with van der Waals surface area (Å²) in [5.74, 6) is -0.187. The molecule has 1 fully saturated rings. The molecule has 1 unspecified atom stereocenters. The number of benzene rings is 1. The van der Waals surface area contributed by atoms with Gasteiger partial charge in [-0.1, -0.05) is 43.5 Å². The number of para-hydroxylation sites is 1. The van der Waals surface area contributed by atoms with Gasteiger partial charge in [-0.3, -0.25) is 14.5 Å². The Labute approximate surface area is 194 Å². The fraction of sp³-hybridized carbons (Fsp3) is 0.385. The molecule has 6 heteroatoms. The van der Waals surface area contributed by atoms with E-state index in [2.05, 4.69) is 5.32 Å². The smallest absolute Gasteiger partial charge is 0.249 e. The van der Waals surface area contributed by atoms with Crippen LogP contribution < -0.4 is 10.2 Å². The number of nitrogens with zero attached hydrogens (tertiary/aromatic N) is 2. The molecule has 0 saturated heterocycles. The summed E-state index contributed by atoms with van der Waals surface area (Å²) in [6.07, 6.45) is 7.69. The minimum atomic E-state index is -0.731. The van der Waals surface area contributed by atoms with E-state index >= 15 is 0 Å². The van der Waals surface area contributed by atoms with Crippen LogP contribution in [0.3, 0.4) is 0 Å². The molecule has 2 heterocycles. The summed E-state index contributed by atoms with van der Waals surface area (Å²) in [5, 5.41) is 5.25. The summed E-state index contributed by atoms with van der Waals surface area (Å²) < 4.78 is 1.94. The Balaban J connectivity index is 1.75. The third-order valence-electron chi connectivity index (χ3n) is 6.27. The summed E-state index contributed by atoms with van der Waals surface area (Å²) in [5.41, 5.74) is 2.55. The largest absolute Gasteiger partial charge is 0.352 e. The monoisotopic (exact) mass is 449 g/mol. The van der Waals surface area contributed by atoms with Crippen LogP contribution in [-0.2, 0) is 23.1 Å². The molecule has 168 valence electrons. The standard InChI is InChI=1S/C26H31N3O2S/c1-19-10-6-7-14-22(19)29(24(30)18-21-13-9-17-32-21)25(23-15-8-16-28(23)2)26(31)27-20-11-4-3-5-12-20/h6-10,13-17,20,25H,3-5,11-12,18H2,1-2H3,(H,27,31). The van der Waals surface area contributed by atoms with Gasteiger partial charge in [-0.25, -0.2) is 0 Å². The van der Waals surface area contributed by atoms with Gasteiger partial charge in [-0.05, 0) is 55.0 Å². The van der Waals surface area contributed by atoms with Crippen molar-refractivity contribution < 1.29 is 9.59 Å². The van der Waals surface area contributed by atoms with Gasteiger partial charge in [0.25, 0.3) is 0 Å². The van der Waals surface area contributed by atoms with Gasteiger partial charge in [-0.15, -0.1) is 11.3 Å². The highest BCUT2D eigenvalue weighted by Crippen LogP contribution is 2.32. The van der Waals surface area contributed by atoms with Gasteiger partial charge in [0.05, 0.1) is 12.1 Å². The first-order valence-electron chi connectivity index (χ1n) is 11.4. The van der Waals surface area contributed by atoms with Crippen LogP contribution in [-0.4, -0.2) is 22.4 Å². The van der Waals surface area contributed by atoms with Crippen molar-refractivity contribution in [2.75, 3.05) is 4.90 Å². The van der Waals surface area contributed by atoms with E-state index < -0.39 is 6.04 Å². The molecule has 1 saturated carbocycles. The highest BCUT2D eigenvalue weighted by atomic mass is 32.1. The van der Waals surface area contributed by atoms with E-state index in [1.165, 1.54) is 6.42 Å². The summed E-state index contributed by atoms with van der Waals surface area (Å²) >= 11 is 1.56. The highest BCUT2D eigenvalue weighted by molar-refractivity contribution is 7.10. The molecular formula is C26H31N3O2S. The SMILES string of the molecule is Cc1ccccc1N(C(=O)Cc1cccs1)C(C(=O)NC1CCCCC1)c1cccn1C. The topological polar surface area (TPSA) is 54.3 Å². The van der Waals surface area contributed by atoms with Crippen LogP contribution in [0.2, 0.25) is 0 Å². The summed E-state index contributed by atoms with van der Waals surface area (Å²) in [4.78, 5) is 30.2. The van der Waals surface area contributed by atoms with Crippen molar-refractivity contribution in [3.05, 3.63) is 76.2 Å². The number of amides is 2. The van der Waals surface area contributed by atoms with Crippen molar-refractivity contribution in [2.24, 2.45) is 7.05 Å². The molecule has 32 heavy (non-hydrogen) atoms. The molecule has 3 aromatic rings. The number of hydrogen-bond donors (Lipinski definition) is 1. The summed E-state index contributed by atoms with van der Waals surface area (Å²) in [7, 11) is 1.93. The second-order valence-electron chi connectivity index (χ2n) is 8.60. The van der Waals surface area contributed by atoms with Crippen LogP contribution in [0.4, 0.5) is 5.69 Å². The molecule has 1 aliphatic rings. The van der Waals surface area contributed by atoms with Crippen molar-refractivity contribution in [1.82, 2.24) is 9.88 Å². The average molecular weight is 450 g/mol. The van der Waals surface area contributed by atoms with Crippen molar-refractivity contribution in [2.45, 2.75) is 57.5 Å². The Morgan fingerprint density at radius 3 is 2.53 bits per heavy atom. The molecule has 4 rings (SSSR count). The Morgan fingerprint density at radius 2 is 1.88 bits per heavy atom. The second-order valence-corrected chi connectivity index (χ2v) is 9.63. The van der Waals surface area contributed by atoms with Crippen molar-refractivity contribution in [3.8, 4) is 0 Å². The predicted octanol–water partition coefficient (Wildman–Crippen LogP) is 5.16. The molecular weight excluding hydrogens is 418 g/mol. The van der Waals surface area contributed by atoms with Crippen LogP contribution in [0.1, 0.15) is 54.3 Å². The van der Waals surface area contributed by atoms with E-state index in [9.17, 15) is 9.59 Å². The molecule has 0 radical (unpaired) electrons. The lowest BCUT2D eigenvalue weighted by atomic mass is 9.95. The van der Waals surface area contributed by atoms with Crippen LogP contribution >= 0.6 is 11.3 Å². The van der Waals surface area contributed by atoms with Gasteiger partial charge in [-0.2, -0.15) is 0 Å². The van der Waals surface area contributed by atoms with E-state index in [0.717, 1.165) is 47.5 Å². The maximum absolute atomic E-state index is 13.8. The zero-order chi connectivity index (χ0) is 22.5. The van der Waals surface area contributed by atoms with Gasteiger partial charge in [0.1, 0.15) is 0 Å². The maximum atomic E-state index is 13.8. The Bertz CT molecular complexity index is 1050. The van der Waals surface area contributed by atoms with Crippen LogP contribution in [0, 0.1) is 6.92 Å². The van der Waals surface area contributed by atoms with Gasteiger partial charge in [0, 0.05) is 29.9 Å². The Morgan fingerprint density at radius 1 is 1.09 bits per heavy atom. The lowest BCUT2D eigenvalue weighted by molar-refractivity contribution is -0.127. The number of carbonyl (C=O) groups excluding carboxylic acids is 2. The predicted molar refractivity (Wildman–Crippen MR) is 130 cm³/mol. The van der Waals surface area contributed by atoms with Gasteiger partial charge in [0.2, 0.25) is 11.8 Å². The van der Waals surface area contributed by atoms with Gasteiger partial charge < -0.3 is 9.88 Å². The molecule has 5 nitrogen and oxygen atoms in total.